The molecule has 0 N–H and O–H groups in total. The first kappa shape index (κ1) is 17.9. The molecule has 0 amide bonds. The maximum atomic E-state index is 11.2. The van der Waals surface area contributed by atoms with Gasteiger partial charge in [0.05, 0.1) is 10.5 Å². The van der Waals surface area contributed by atoms with Gasteiger partial charge in [0.1, 0.15) is 16.6 Å². The maximum absolute atomic E-state index is 11.2. The molecule has 0 saturated heterocycles. The minimum atomic E-state index is -0.404. The summed E-state index contributed by atoms with van der Waals surface area (Å²) in [7, 11) is 0. The first-order valence-corrected chi connectivity index (χ1v) is 8.32. The minimum absolute atomic E-state index is 0.0569. The molecule has 0 spiro atoms. The molecule has 0 saturated carbocycles. The van der Waals surface area contributed by atoms with E-state index in [9.17, 15) is 10.1 Å². The molecule has 0 aliphatic carbocycles. The molecule has 1 aromatic carbocycles. The van der Waals surface area contributed by atoms with Gasteiger partial charge in [-0.2, -0.15) is 0 Å². The van der Waals surface area contributed by atoms with Gasteiger partial charge in [0, 0.05) is 11.6 Å². The Labute approximate surface area is 154 Å². The molecule has 3 rings (SSSR count). The highest BCUT2D eigenvalue weighted by Crippen LogP contribution is 2.30. The van der Waals surface area contributed by atoms with Gasteiger partial charge in [-0.3, -0.25) is 10.1 Å². The average molecular weight is 374 g/mol. The maximum Gasteiger partial charge on any atom is 0.273 e. The number of halogens is 1. The van der Waals surface area contributed by atoms with E-state index < -0.39 is 4.92 Å². The molecule has 0 unspecified atom stereocenters. The Hall–Kier alpha value is -2.93. The van der Waals surface area contributed by atoms with Crippen LogP contribution in [0.1, 0.15) is 35.5 Å². The van der Waals surface area contributed by atoms with Crippen molar-refractivity contribution >= 4 is 28.4 Å². The smallest absolute Gasteiger partial charge is 0.273 e. The van der Waals surface area contributed by atoms with E-state index in [0.717, 1.165) is 5.76 Å². The summed E-state index contributed by atoms with van der Waals surface area (Å²) in [4.78, 5) is 10.8. The molecule has 0 bridgehead atoms. The second-order valence-corrected chi connectivity index (χ2v) is 6.14. The third-order valence-corrected chi connectivity index (χ3v) is 4.15. The van der Waals surface area contributed by atoms with Crippen LogP contribution in [0.4, 0.5) is 5.69 Å². The molecular weight excluding hydrogens is 358 g/mol. The Morgan fingerprint density at radius 3 is 2.65 bits per heavy atom. The first-order chi connectivity index (χ1) is 12.4. The van der Waals surface area contributed by atoms with Crippen LogP contribution in [0.25, 0.3) is 22.6 Å². The number of benzene rings is 1. The Kier molecular flexibility index (Phi) is 4.90. The minimum Gasteiger partial charge on any atom is -0.466 e. The molecule has 3 aromatic rings. The second-order valence-electron chi connectivity index (χ2n) is 5.73. The lowest BCUT2D eigenvalue weighted by molar-refractivity contribution is -0.385. The number of nitrogens with zero attached hydrogens (tertiary/aromatic N) is 3. The highest BCUT2D eigenvalue weighted by atomic mass is 35.5. The number of nitro benzene ring substituents is 1. The Morgan fingerprint density at radius 1 is 1.27 bits per heavy atom. The fourth-order valence-electron chi connectivity index (χ4n) is 2.62. The summed E-state index contributed by atoms with van der Waals surface area (Å²) in [6.07, 6.45) is 2.13. The molecule has 134 valence electrons. The van der Waals surface area contributed by atoms with Gasteiger partial charge in [0.2, 0.25) is 0 Å². The molecule has 7 nitrogen and oxygen atoms in total. The lowest BCUT2D eigenvalue weighted by atomic mass is 10.1. The summed E-state index contributed by atoms with van der Waals surface area (Å²) in [5.41, 5.74) is 2.00. The van der Waals surface area contributed by atoms with Crippen LogP contribution in [0.2, 0.25) is 0 Å². The third-order valence-electron chi connectivity index (χ3n) is 3.88. The number of rotatable bonds is 5. The van der Waals surface area contributed by atoms with Gasteiger partial charge in [-0.15, -0.1) is 10.2 Å². The molecular formula is C18H16ClN3O4. The summed E-state index contributed by atoms with van der Waals surface area (Å²) in [5, 5.41) is 19.3. The van der Waals surface area contributed by atoms with Crippen LogP contribution in [0.5, 0.6) is 0 Å². The SMILES string of the molecule is CCc1ccc(/C=C(\Cl)c2nnc(-c3cc(C)oc3C)o2)cc1[N+](=O)[O-]. The van der Waals surface area contributed by atoms with Gasteiger partial charge in [0.25, 0.3) is 17.5 Å². The van der Waals surface area contributed by atoms with Crippen molar-refractivity contribution in [3.8, 4) is 11.5 Å². The van der Waals surface area contributed by atoms with E-state index in [1.54, 1.807) is 31.2 Å². The standard InChI is InChI=1S/C18H16ClN3O4/c1-4-13-6-5-12(9-16(13)22(23)24)8-15(19)18-21-20-17(26-18)14-7-10(2)25-11(14)3/h5-9H,4H2,1-3H3/b15-8-. The van der Waals surface area contributed by atoms with Crippen molar-refractivity contribution in [1.82, 2.24) is 10.2 Å². The van der Waals surface area contributed by atoms with Gasteiger partial charge in [-0.25, -0.2) is 0 Å². The molecule has 2 aromatic heterocycles. The van der Waals surface area contributed by atoms with Gasteiger partial charge in [0.15, 0.2) is 0 Å². The van der Waals surface area contributed by atoms with E-state index in [2.05, 4.69) is 10.2 Å². The van der Waals surface area contributed by atoms with E-state index in [4.69, 9.17) is 20.4 Å². The predicted molar refractivity (Wildman–Crippen MR) is 97.7 cm³/mol. The van der Waals surface area contributed by atoms with Crippen molar-refractivity contribution in [2.45, 2.75) is 27.2 Å². The van der Waals surface area contributed by atoms with Crippen LogP contribution in [-0.2, 0) is 6.42 Å². The number of aryl methyl sites for hydroxylation is 3. The fraction of sp³-hybridized carbons (Fsp3) is 0.222. The summed E-state index contributed by atoms with van der Waals surface area (Å²) in [5.74, 6) is 1.83. The van der Waals surface area contributed by atoms with E-state index in [0.29, 0.717) is 34.8 Å². The quantitative estimate of drug-likeness (QED) is 0.453. The van der Waals surface area contributed by atoms with Crippen LogP contribution in [-0.4, -0.2) is 15.1 Å². The van der Waals surface area contributed by atoms with Crippen molar-refractivity contribution in [2.75, 3.05) is 0 Å². The molecule has 0 atom stereocenters. The van der Waals surface area contributed by atoms with Gasteiger partial charge >= 0.3 is 0 Å². The highest BCUT2D eigenvalue weighted by Gasteiger charge is 2.17. The number of hydrogen-bond acceptors (Lipinski definition) is 6. The third kappa shape index (κ3) is 3.52. The zero-order valence-electron chi connectivity index (χ0n) is 14.4. The second kappa shape index (κ2) is 7.13. The van der Waals surface area contributed by atoms with Crippen molar-refractivity contribution in [2.24, 2.45) is 0 Å². The largest absolute Gasteiger partial charge is 0.466 e. The summed E-state index contributed by atoms with van der Waals surface area (Å²) < 4.78 is 11.1. The number of hydrogen-bond donors (Lipinski definition) is 0. The number of furan rings is 1. The van der Waals surface area contributed by atoms with Crippen molar-refractivity contribution < 1.29 is 13.8 Å². The van der Waals surface area contributed by atoms with Gasteiger partial charge in [-0.05, 0) is 38.0 Å². The van der Waals surface area contributed by atoms with Gasteiger partial charge < -0.3 is 8.83 Å². The zero-order valence-corrected chi connectivity index (χ0v) is 15.2. The lowest BCUT2D eigenvalue weighted by Gasteiger charge is -2.01. The zero-order chi connectivity index (χ0) is 18.8. The number of nitro groups is 1. The fourth-order valence-corrected chi connectivity index (χ4v) is 2.82. The monoisotopic (exact) mass is 373 g/mol. The molecule has 0 fully saturated rings. The van der Waals surface area contributed by atoms with Gasteiger partial charge in [-0.1, -0.05) is 30.7 Å². The summed E-state index contributed by atoms with van der Waals surface area (Å²) >= 11 is 6.26. The normalized spacial score (nSPS) is 11.8. The summed E-state index contributed by atoms with van der Waals surface area (Å²) in [6.45, 7) is 5.50. The first-order valence-electron chi connectivity index (χ1n) is 7.94. The molecule has 26 heavy (non-hydrogen) atoms. The van der Waals surface area contributed by atoms with Crippen LogP contribution in [0.3, 0.4) is 0 Å². The Bertz CT molecular complexity index is 1000. The highest BCUT2D eigenvalue weighted by molar-refractivity contribution is 6.50. The topological polar surface area (TPSA) is 95.2 Å². The van der Waals surface area contributed by atoms with E-state index >= 15 is 0 Å². The predicted octanol–water partition coefficient (Wildman–Crippen LogP) is 5.15. The van der Waals surface area contributed by atoms with Crippen LogP contribution < -0.4 is 0 Å². The van der Waals surface area contributed by atoms with E-state index in [1.807, 2.05) is 13.8 Å². The summed E-state index contributed by atoms with van der Waals surface area (Å²) in [6, 6.07) is 6.75. The van der Waals surface area contributed by atoms with E-state index in [1.165, 1.54) is 6.07 Å². The molecule has 0 aliphatic heterocycles. The van der Waals surface area contributed by atoms with Crippen molar-refractivity contribution in [3.63, 3.8) is 0 Å². The van der Waals surface area contributed by atoms with Crippen LogP contribution in [0, 0.1) is 24.0 Å². The van der Waals surface area contributed by atoms with E-state index in [-0.39, 0.29) is 16.6 Å². The lowest BCUT2D eigenvalue weighted by Crippen LogP contribution is -1.94. The Balaban J connectivity index is 1.92. The Morgan fingerprint density at radius 2 is 2.04 bits per heavy atom. The van der Waals surface area contributed by atoms with Crippen molar-refractivity contribution in [1.29, 1.82) is 0 Å². The van der Waals surface area contributed by atoms with Crippen LogP contribution >= 0.6 is 11.6 Å². The molecule has 2 heterocycles. The average Bonchev–Trinajstić information content (AvgIpc) is 3.21. The van der Waals surface area contributed by atoms with Crippen LogP contribution in [0.15, 0.2) is 33.1 Å². The molecule has 8 heteroatoms. The van der Waals surface area contributed by atoms with Crippen molar-refractivity contribution in [3.05, 3.63) is 62.9 Å². The molecule has 0 radical (unpaired) electrons. The number of aromatic nitrogens is 2. The molecule has 0 aliphatic rings.